The second kappa shape index (κ2) is 6.36. The predicted molar refractivity (Wildman–Crippen MR) is 70.1 cm³/mol. The Hall–Kier alpha value is -0.410. The summed E-state index contributed by atoms with van der Waals surface area (Å²) < 4.78 is 14.0. The molecule has 1 aromatic carbocycles. The van der Waals surface area contributed by atoms with E-state index in [-0.39, 0.29) is 5.82 Å². The molecule has 0 aromatic heterocycles. The molecule has 0 aliphatic carbocycles. The largest absolute Gasteiger partial charge is 0.317 e. The van der Waals surface area contributed by atoms with Gasteiger partial charge in [-0.3, -0.25) is 0 Å². The minimum atomic E-state index is -0.172. The van der Waals surface area contributed by atoms with Crippen molar-refractivity contribution in [2.24, 2.45) is 5.92 Å². The van der Waals surface area contributed by atoms with E-state index in [4.69, 9.17) is 0 Å². The number of benzene rings is 1. The van der Waals surface area contributed by atoms with Crippen molar-refractivity contribution < 1.29 is 4.39 Å². The summed E-state index contributed by atoms with van der Waals surface area (Å²) in [7, 11) is 1.98. The molecule has 0 spiro atoms. The summed E-state index contributed by atoms with van der Waals surface area (Å²) >= 11 is 3.32. The number of hydrogen-bond acceptors (Lipinski definition) is 1. The number of halogens is 2. The maximum absolute atomic E-state index is 13.2. The third-order valence-electron chi connectivity index (χ3n) is 2.98. The van der Waals surface area contributed by atoms with E-state index in [9.17, 15) is 4.39 Å². The summed E-state index contributed by atoms with van der Waals surface area (Å²) in [5.74, 6) is 0.331. The average Bonchev–Trinajstić information content (AvgIpc) is 2.17. The van der Waals surface area contributed by atoms with E-state index < -0.39 is 0 Å². The minimum Gasteiger partial charge on any atom is -0.317 e. The summed E-state index contributed by atoms with van der Waals surface area (Å²) in [6, 6.07) is 5.58. The van der Waals surface area contributed by atoms with Crippen LogP contribution in [0.3, 0.4) is 0 Å². The second-order valence-electron chi connectivity index (χ2n) is 4.26. The highest BCUT2D eigenvalue weighted by Crippen LogP contribution is 2.19. The first kappa shape index (κ1) is 13.7. The second-order valence-corrected chi connectivity index (χ2v) is 5.18. The van der Waals surface area contributed by atoms with Gasteiger partial charge < -0.3 is 5.32 Å². The quantitative estimate of drug-likeness (QED) is 0.869. The first-order valence-electron chi connectivity index (χ1n) is 5.69. The van der Waals surface area contributed by atoms with Crippen molar-refractivity contribution in [1.82, 2.24) is 5.32 Å². The molecule has 1 nitrogen and oxygen atoms in total. The first-order chi connectivity index (χ1) is 7.56. The van der Waals surface area contributed by atoms with Crippen LogP contribution in [0.1, 0.15) is 25.8 Å². The summed E-state index contributed by atoms with van der Waals surface area (Å²) in [4.78, 5) is 0. The Balaban J connectivity index is 2.72. The summed E-state index contributed by atoms with van der Waals surface area (Å²) in [5, 5.41) is 3.30. The zero-order valence-corrected chi connectivity index (χ0v) is 11.6. The molecule has 0 amide bonds. The van der Waals surface area contributed by atoms with E-state index >= 15 is 0 Å². The van der Waals surface area contributed by atoms with Crippen LogP contribution in [-0.4, -0.2) is 13.1 Å². The van der Waals surface area contributed by atoms with Gasteiger partial charge in [0.1, 0.15) is 5.82 Å². The maximum Gasteiger partial charge on any atom is 0.124 e. The van der Waals surface area contributed by atoms with Crippen LogP contribution in [-0.2, 0) is 6.42 Å². The van der Waals surface area contributed by atoms with Crippen molar-refractivity contribution in [2.45, 2.75) is 32.7 Å². The van der Waals surface area contributed by atoms with Crippen LogP contribution in [0.25, 0.3) is 0 Å². The fourth-order valence-corrected chi connectivity index (χ4v) is 2.65. The van der Waals surface area contributed by atoms with Crippen LogP contribution < -0.4 is 5.32 Å². The van der Waals surface area contributed by atoms with Crippen LogP contribution in [0.2, 0.25) is 0 Å². The highest BCUT2D eigenvalue weighted by atomic mass is 79.9. The molecule has 16 heavy (non-hydrogen) atoms. The Labute approximate surface area is 106 Å². The lowest BCUT2D eigenvalue weighted by molar-refractivity contribution is 0.386. The molecule has 1 rings (SSSR count). The van der Waals surface area contributed by atoms with E-state index in [0.717, 1.165) is 22.9 Å². The molecule has 0 saturated carbocycles. The molecule has 0 fully saturated rings. The van der Waals surface area contributed by atoms with Gasteiger partial charge in [0.05, 0.1) is 0 Å². The molecular weight excluding hydrogens is 269 g/mol. The molecule has 0 bridgehead atoms. The van der Waals surface area contributed by atoms with Crippen LogP contribution >= 0.6 is 15.9 Å². The first-order valence-corrected chi connectivity index (χ1v) is 6.48. The van der Waals surface area contributed by atoms with Gasteiger partial charge >= 0.3 is 0 Å². The van der Waals surface area contributed by atoms with Crippen molar-refractivity contribution in [2.75, 3.05) is 7.05 Å². The fourth-order valence-electron chi connectivity index (χ4n) is 2.13. The molecule has 90 valence electrons. The molecule has 2 atom stereocenters. The van der Waals surface area contributed by atoms with E-state index in [0.29, 0.717) is 12.0 Å². The van der Waals surface area contributed by atoms with Gasteiger partial charge in [-0.05, 0) is 49.6 Å². The number of nitrogens with one attached hydrogen (secondary N) is 1. The lowest BCUT2D eigenvalue weighted by atomic mass is 9.92. The van der Waals surface area contributed by atoms with Crippen molar-refractivity contribution >= 4 is 15.9 Å². The lowest BCUT2D eigenvalue weighted by Gasteiger charge is -2.22. The third kappa shape index (κ3) is 3.87. The average molecular weight is 288 g/mol. The fraction of sp³-hybridized carbons (Fsp3) is 0.538. The predicted octanol–water partition coefficient (Wildman–Crippen LogP) is 3.76. The standard InChI is InChI=1S/C13H19BrFN/c1-4-13(16-3)9(2)5-10-6-11(14)8-12(15)7-10/h6-9,13,16H,4-5H2,1-3H3. The van der Waals surface area contributed by atoms with Crippen LogP contribution in [0.15, 0.2) is 22.7 Å². The van der Waals surface area contributed by atoms with Crippen LogP contribution in [0.4, 0.5) is 4.39 Å². The van der Waals surface area contributed by atoms with E-state index in [1.54, 1.807) is 6.07 Å². The van der Waals surface area contributed by atoms with Crippen molar-refractivity contribution in [3.05, 3.63) is 34.1 Å². The Morgan fingerprint density at radius 1 is 1.38 bits per heavy atom. The van der Waals surface area contributed by atoms with Crippen molar-refractivity contribution in [3.63, 3.8) is 0 Å². The molecule has 0 aliphatic heterocycles. The molecule has 0 heterocycles. The van der Waals surface area contributed by atoms with Crippen LogP contribution in [0, 0.1) is 11.7 Å². The highest BCUT2D eigenvalue weighted by Gasteiger charge is 2.14. The molecule has 1 N–H and O–H groups in total. The van der Waals surface area contributed by atoms with Crippen molar-refractivity contribution in [1.29, 1.82) is 0 Å². The lowest BCUT2D eigenvalue weighted by Crippen LogP contribution is -2.32. The number of rotatable bonds is 5. The highest BCUT2D eigenvalue weighted by molar-refractivity contribution is 9.10. The molecule has 0 saturated heterocycles. The van der Waals surface area contributed by atoms with Gasteiger partial charge in [0.15, 0.2) is 0 Å². The SMILES string of the molecule is CCC(NC)C(C)Cc1cc(F)cc(Br)c1. The molecular formula is C13H19BrFN. The summed E-state index contributed by atoms with van der Waals surface area (Å²) in [6.07, 6.45) is 1.99. The topological polar surface area (TPSA) is 12.0 Å². The van der Waals surface area contributed by atoms with Crippen LogP contribution in [0.5, 0.6) is 0 Å². The van der Waals surface area contributed by atoms with E-state index in [2.05, 4.69) is 35.1 Å². The van der Waals surface area contributed by atoms with Gasteiger partial charge in [-0.15, -0.1) is 0 Å². The third-order valence-corrected chi connectivity index (χ3v) is 3.44. The Kier molecular flexibility index (Phi) is 5.42. The Morgan fingerprint density at radius 3 is 2.56 bits per heavy atom. The Bertz CT molecular complexity index is 316. The smallest absolute Gasteiger partial charge is 0.124 e. The summed E-state index contributed by atoms with van der Waals surface area (Å²) in [6.45, 7) is 4.36. The van der Waals surface area contributed by atoms with Gasteiger partial charge in [-0.2, -0.15) is 0 Å². The summed E-state index contributed by atoms with van der Waals surface area (Å²) in [5.41, 5.74) is 1.05. The molecule has 3 heteroatoms. The van der Waals surface area contributed by atoms with Gasteiger partial charge in [0.25, 0.3) is 0 Å². The van der Waals surface area contributed by atoms with Crippen molar-refractivity contribution in [3.8, 4) is 0 Å². The van der Waals surface area contributed by atoms with E-state index in [1.165, 1.54) is 6.07 Å². The maximum atomic E-state index is 13.2. The monoisotopic (exact) mass is 287 g/mol. The molecule has 0 aliphatic rings. The normalized spacial score (nSPS) is 14.8. The Morgan fingerprint density at radius 2 is 2.06 bits per heavy atom. The molecule has 1 aromatic rings. The van der Waals surface area contributed by atoms with Gasteiger partial charge in [0.2, 0.25) is 0 Å². The minimum absolute atomic E-state index is 0.172. The number of hydrogen-bond donors (Lipinski definition) is 1. The molecule has 2 unspecified atom stereocenters. The van der Waals surface area contributed by atoms with E-state index in [1.807, 2.05) is 13.1 Å². The zero-order chi connectivity index (χ0) is 12.1. The van der Waals surface area contributed by atoms with Gasteiger partial charge in [0, 0.05) is 10.5 Å². The molecule has 0 radical (unpaired) electrons. The van der Waals surface area contributed by atoms with Gasteiger partial charge in [-0.25, -0.2) is 4.39 Å². The van der Waals surface area contributed by atoms with Gasteiger partial charge in [-0.1, -0.05) is 29.8 Å². The zero-order valence-electron chi connectivity index (χ0n) is 10.1.